The summed E-state index contributed by atoms with van der Waals surface area (Å²) in [6.45, 7) is 2.15. The predicted molar refractivity (Wildman–Crippen MR) is 104 cm³/mol. The molecule has 0 unspecified atom stereocenters. The van der Waals surface area contributed by atoms with E-state index in [-0.39, 0.29) is 0 Å². The molecular weight excluding hydrogens is 378 g/mol. The van der Waals surface area contributed by atoms with E-state index >= 15 is 0 Å². The lowest BCUT2D eigenvalue weighted by Crippen LogP contribution is -2.42. The second-order valence-corrected chi connectivity index (χ2v) is 6.80. The molecule has 1 aliphatic heterocycles. The van der Waals surface area contributed by atoms with Crippen molar-refractivity contribution in [3.63, 3.8) is 0 Å². The summed E-state index contributed by atoms with van der Waals surface area (Å²) in [7, 11) is 3.61. The van der Waals surface area contributed by atoms with Crippen molar-refractivity contribution in [3.05, 3.63) is 24.7 Å². The largest absolute Gasteiger partial charge is 0.387 e. The molecule has 0 aliphatic carbocycles. The van der Waals surface area contributed by atoms with Gasteiger partial charge in [-0.05, 0) is 19.1 Å². The van der Waals surface area contributed by atoms with E-state index in [4.69, 9.17) is 4.74 Å². The first kappa shape index (κ1) is 19.3. The molecule has 1 fully saturated rings. The number of carbonyl (C=O) groups is 1. The van der Waals surface area contributed by atoms with Gasteiger partial charge in [0.15, 0.2) is 35.1 Å². The average Bonchev–Trinajstić information content (AvgIpc) is 3.40. The number of aryl methyl sites for hydroxylation is 1. The number of aromatic nitrogens is 5. The number of carbonyl (C=O) groups excluding carboxylic acids is 1. The number of nitrogens with one attached hydrogen (secondary N) is 2. The van der Waals surface area contributed by atoms with E-state index in [1.807, 2.05) is 29.9 Å². The Morgan fingerprint density at radius 1 is 1.31 bits per heavy atom. The second kappa shape index (κ2) is 7.43. The molecule has 3 aromatic heterocycles. The summed E-state index contributed by atoms with van der Waals surface area (Å²) in [6, 6.07) is 3.77. The zero-order valence-corrected chi connectivity index (χ0v) is 16.3. The fourth-order valence-electron chi connectivity index (χ4n) is 3.47. The lowest BCUT2D eigenvalue weighted by molar-refractivity contribution is -0.137. The minimum atomic E-state index is -1.37. The van der Waals surface area contributed by atoms with Crippen molar-refractivity contribution in [2.24, 2.45) is 7.05 Å². The zero-order valence-electron chi connectivity index (χ0n) is 16.3. The molecule has 4 atom stereocenters. The maximum atomic E-state index is 12.2. The van der Waals surface area contributed by atoms with Gasteiger partial charge in [-0.1, -0.05) is 0 Å². The summed E-state index contributed by atoms with van der Waals surface area (Å²) >= 11 is 0. The molecule has 4 heterocycles. The number of amides is 1. The van der Waals surface area contributed by atoms with Crippen molar-refractivity contribution in [3.8, 4) is 11.5 Å². The summed E-state index contributed by atoms with van der Waals surface area (Å²) in [4.78, 5) is 25.6. The second-order valence-electron chi connectivity index (χ2n) is 6.80. The van der Waals surface area contributed by atoms with Gasteiger partial charge < -0.3 is 30.2 Å². The van der Waals surface area contributed by atoms with Gasteiger partial charge in [0.1, 0.15) is 12.2 Å². The lowest BCUT2D eigenvalue weighted by Gasteiger charge is -2.17. The number of likely N-dealkylation sites (N-methyl/N-ethyl adjacent to an activating group) is 1. The Morgan fingerprint density at radius 2 is 2.10 bits per heavy atom. The van der Waals surface area contributed by atoms with E-state index in [0.29, 0.717) is 29.4 Å². The number of hydrogen-bond donors (Lipinski definition) is 4. The molecule has 0 saturated carbocycles. The molecule has 1 saturated heterocycles. The van der Waals surface area contributed by atoms with Crippen molar-refractivity contribution in [1.29, 1.82) is 0 Å². The third kappa shape index (κ3) is 3.12. The number of anilines is 1. The number of rotatable bonds is 5. The van der Waals surface area contributed by atoms with Crippen LogP contribution < -0.4 is 10.6 Å². The highest BCUT2D eigenvalue weighted by atomic mass is 16.6. The fourth-order valence-corrected chi connectivity index (χ4v) is 3.47. The molecular formula is C18H23N7O4. The van der Waals surface area contributed by atoms with Gasteiger partial charge in [-0.25, -0.2) is 15.0 Å². The highest BCUT2D eigenvalue weighted by Crippen LogP contribution is 2.33. The molecule has 1 aliphatic rings. The Kier molecular flexibility index (Phi) is 4.94. The van der Waals surface area contributed by atoms with Crippen LogP contribution in [0.15, 0.2) is 24.7 Å². The molecule has 154 valence electrons. The molecule has 3 aromatic rings. The van der Waals surface area contributed by atoms with Crippen LogP contribution in [0.1, 0.15) is 13.2 Å². The molecule has 1 amide bonds. The van der Waals surface area contributed by atoms with Gasteiger partial charge in [0, 0.05) is 26.8 Å². The van der Waals surface area contributed by atoms with E-state index in [1.165, 1.54) is 10.9 Å². The standard InChI is InChI=1S/C18H23N7O4/c1-4-20-17(28)13-11(26)12(27)18(29-13)25-8-21-10-15(19-2)22-14(23-16(10)25)9-6-5-7-24(9)3/h5-8,11-13,18,26-27H,4H2,1-3H3,(H,20,28)(H,19,22,23)/t11-,12+,13-,18+/m0/s1. The maximum absolute atomic E-state index is 12.2. The lowest BCUT2D eigenvalue weighted by atomic mass is 10.1. The first-order chi connectivity index (χ1) is 14.0. The van der Waals surface area contributed by atoms with Gasteiger partial charge in [-0.15, -0.1) is 0 Å². The molecule has 11 heteroatoms. The minimum absolute atomic E-state index is 0.388. The summed E-state index contributed by atoms with van der Waals surface area (Å²) in [6.07, 6.45) is -1.58. The number of hydrogen-bond acceptors (Lipinski definition) is 8. The number of fused-ring (bicyclic) bond motifs is 1. The molecule has 0 spiro atoms. The van der Waals surface area contributed by atoms with Gasteiger partial charge in [0.05, 0.1) is 12.0 Å². The van der Waals surface area contributed by atoms with Gasteiger partial charge in [-0.3, -0.25) is 9.36 Å². The SMILES string of the molecule is CCNC(=O)[C@H]1O[C@@H](n2cnc3c(NC)nc(-c4cccn4C)nc32)[C@H](O)[C@@H]1O. The molecule has 11 nitrogen and oxygen atoms in total. The van der Waals surface area contributed by atoms with Crippen LogP contribution in [0, 0.1) is 0 Å². The summed E-state index contributed by atoms with van der Waals surface area (Å²) in [5.74, 6) is 0.490. The monoisotopic (exact) mass is 401 g/mol. The topological polar surface area (TPSA) is 139 Å². The molecule has 0 bridgehead atoms. The Balaban J connectivity index is 1.78. The van der Waals surface area contributed by atoms with E-state index in [2.05, 4.69) is 25.6 Å². The summed E-state index contributed by atoms with van der Waals surface area (Å²) in [5, 5.41) is 26.5. The quantitative estimate of drug-likeness (QED) is 0.454. The average molecular weight is 401 g/mol. The Labute approximate surface area is 166 Å². The smallest absolute Gasteiger partial charge is 0.252 e. The van der Waals surface area contributed by atoms with Gasteiger partial charge in [0.25, 0.3) is 5.91 Å². The van der Waals surface area contributed by atoms with Crippen LogP contribution in [-0.2, 0) is 16.6 Å². The minimum Gasteiger partial charge on any atom is -0.387 e. The van der Waals surface area contributed by atoms with Crippen LogP contribution in [0.25, 0.3) is 22.7 Å². The van der Waals surface area contributed by atoms with Crippen molar-refractivity contribution in [2.45, 2.75) is 31.5 Å². The van der Waals surface area contributed by atoms with Gasteiger partial charge >= 0.3 is 0 Å². The number of ether oxygens (including phenoxy) is 1. The predicted octanol–water partition coefficient (Wildman–Crippen LogP) is -0.371. The van der Waals surface area contributed by atoms with Crippen LogP contribution >= 0.6 is 0 Å². The van der Waals surface area contributed by atoms with Gasteiger partial charge in [0.2, 0.25) is 0 Å². The normalized spacial score (nSPS) is 24.2. The molecule has 4 rings (SSSR count). The van der Waals surface area contributed by atoms with Crippen LogP contribution in [0.3, 0.4) is 0 Å². The first-order valence-electron chi connectivity index (χ1n) is 9.29. The van der Waals surface area contributed by atoms with Crippen molar-refractivity contribution in [2.75, 3.05) is 18.9 Å². The number of aliphatic hydroxyl groups excluding tert-OH is 2. The van der Waals surface area contributed by atoms with E-state index in [0.717, 1.165) is 5.69 Å². The summed E-state index contributed by atoms with van der Waals surface area (Å²) in [5.41, 5.74) is 1.69. The van der Waals surface area contributed by atoms with Crippen LogP contribution in [0.4, 0.5) is 5.82 Å². The third-order valence-corrected chi connectivity index (χ3v) is 4.95. The highest BCUT2D eigenvalue weighted by molar-refractivity contribution is 5.85. The number of imidazole rings is 1. The van der Waals surface area contributed by atoms with Crippen LogP contribution in [-0.4, -0.2) is 72.1 Å². The Morgan fingerprint density at radius 3 is 2.76 bits per heavy atom. The molecule has 4 N–H and O–H groups in total. The third-order valence-electron chi connectivity index (χ3n) is 4.95. The maximum Gasteiger partial charge on any atom is 0.252 e. The Bertz CT molecular complexity index is 1050. The van der Waals surface area contributed by atoms with E-state index in [1.54, 1.807) is 14.0 Å². The molecule has 0 radical (unpaired) electrons. The van der Waals surface area contributed by atoms with Crippen molar-refractivity contribution >= 4 is 22.9 Å². The van der Waals surface area contributed by atoms with Crippen LogP contribution in [0.2, 0.25) is 0 Å². The highest BCUT2D eigenvalue weighted by Gasteiger charge is 2.47. The number of nitrogens with zero attached hydrogens (tertiary/aromatic N) is 5. The summed E-state index contributed by atoms with van der Waals surface area (Å²) < 4.78 is 9.10. The first-order valence-corrected chi connectivity index (χ1v) is 9.29. The van der Waals surface area contributed by atoms with Gasteiger partial charge in [-0.2, -0.15) is 0 Å². The van der Waals surface area contributed by atoms with Crippen molar-refractivity contribution in [1.82, 2.24) is 29.4 Å². The van der Waals surface area contributed by atoms with E-state index < -0.39 is 30.4 Å². The molecule has 29 heavy (non-hydrogen) atoms. The van der Waals surface area contributed by atoms with Crippen LogP contribution in [0.5, 0.6) is 0 Å². The Hall–Kier alpha value is -3.02. The van der Waals surface area contributed by atoms with E-state index in [9.17, 15) is 15.0 Å². The van der Waals surface area contributed by atoms with Crippen molar-refractivity contribution < 1.29 is 19.7 Å². The number of aliphatic hydroxyl groups is 2. The zero-order chi connectivity index (χ0) is 20.7. The fraction of sp³-hybridized carbons (Fsp3) is 0.444. The molecule has 0 aromatic carbocycles.